The lowest BCUT2D eigenvalue weighted by Crippen LogP contribution is -2.47. The first-order valence-corrected chi connectivity index (χ1v) is 6.10. The van der Waals surface area contributed by atoms with Gasteiger partial charge < -0.3 is 10.2 Å². The predicted molar refractivity (Wildman–Crippen MR) is 62.7 cm³/mol. The summed E-state index contributed by atoms with van der Waals surface area (Å²) < 4.78 is 0. The van der Waals surface area contributed by atoms with Crippen LogP contribution in [0.25, 0.3) is 0 Å². The van der Waals surface area contributed by atoms with E-state index < -0.39 is 0 Å². The third-order valence-corrected chi connectivity index (χ3v) is 3.16. The van der Waals surface area contributed by atoms with E-state index in [0.717, 1.165) is 25.4 Å². The summed E-state index contributed by atoms with van der Waals surface area (Å²) in [5, 5.41) is 3.56. The van der Waals surface area contributed by atoms with Crippen LogP contribution in [-0.4, -0.2) is 37.0 Å². The van der Waals surface area contributed by atoms with Gasteiger partial charge in [0.2, 0.25) is 5.91 Å². The van der Waals surface area contributed by atoms with Crippen LogP contribution in [0, 0.1) is 5.92 Å². The Morgan fingerprint density at radius 2 is 2.33 bits per heavy atom. The van der Waals surface area contributed by atoms with Crippen molar-refractivity contribution in [1.29, 1.82) is 0 Å². The van der Waals surface area contributed by atoms with E-state index in [0.29, 0.717) is 12.5 Å². The van der Waals surface area contributed by atoms with Crippen LogP contribution in [-0.2, 0) is 4.79 Å². The van der Waals surface area contributed by atoms with Crippen molar-refractivity contribution >= 4 is 5.91 Å². The quantitative estimate of drug-likeness (QED) is 0.751. The van der Waals surface area contributed by atoms with Crippen molar-refractivity contribution in [2.24, 2.45) is 5.92 Å². The third kappa shape index (κ3) is 4.20. The van der Waals surface area contributed by atoms with Crippen molar-refractivity contribution in [2.75, 3.05) is 20.1 Å². The van der Waals surface area contributed by atoms with Crippen LogP contribution in [0.4, 0.5) is 0 Å². The first-order valence-electron chi connectivity index (χ1n) is 6.10. The van der Waals surface area contributed by atoms with Gasteiger partial charge in [-0.2, -0.15) is 0 Å². The number of carbonyl (C=O) groups is 1. The molecule has 1 amide bonds. The van der Waals surface area contributed by atoms with Crippen LogP contribution >= 0.6 is 0 Å². The number of hydrogen-bond acceptors (Lipinski definition) is 2. The second-order valence-corrected chi connectivity index (χ2v) is 4.81. The molecule has 0 aliphatic carbocycles. The molecule has 1 aliphatic rings. The van der Waals surface area contributed by atoms with Crippen molar-refractivity contribution in [3.63, 3.8) is 0 Å². The Kier molecular flexibility index (Phi) is 5.09. The topological polar surface area (TPSA) is 32.3 Å². The Labute approximate surface area is 93.2 Å². The lowest BCUT2D eigenvalue weighted by Gasteiger charge is -2.31. The Morgan fingerprint density at radius 3 is 2.93 bits per heavy atom. The summed E-state index contributed by atoms with van der Waals surface area (Å²) in [5.41, 5.74) is 0. The Balaban J connectivity index is 2.19. The maximum Gasteiger partial charge on any atom is 0.222 e. The summed E-state index contributed by atoms with van der Waals surface area (Å²) in [4.78, 5) is 13.1. The van der Waals surface area contributed by atoms with Crippen LogP contribution in [0.15, 0.2) is 0 Å². The lowest BCUT2D eigenvalue weighted by molar-refractivity contribution is -0.132. The van der Waals surface area contributed by atoms with Gasteiger partial charge in [-0.05, 0) is 25.3 Å². The zero-order chi connectivity index (χ0) is 11.3. The van der Waals surface area contributed by atoms with E-state index in [1.807, 2.05) is 11.9 Å². The highest BCUT2D eigenvalue weighted by atomic mass is 16.2. The van der Waals surface area contributed by atoms with Crippen molar-refractivity contribution in [2.45, 2.75) is 45.6 Å². The number of piperidine rings is 1. The van der Waals surface area contributed by atoms with Gasteiger partial charge in [0.15, 0.2) is 0 Å². The SMILES string of the molecule is CCCC(C)CNC1CCC(=O)N(C)C1. The Bertz CT molecular complexity index is 206. The molecule has 0 radical (unpaired) electrons. The predicted octanol–water partition coefficient (Wildman–Crippen LogP) is 1.63. The minimum Gasteiger partial charge on any atom is -0.344 e. The van der Waals surface area contributed by atoms with Gasteiger partial charge in [-0.1, -0.05) is 20.3 Å². The fraction of sp³-hybridized carbons (Fsp3) is 0.917. The molecule has 0 saturated carbocycles. The van der Waals surface area contributed by atoms with Gasteiger partial charge in [0.05, 0.1) is 0 Å². The van der Waals surface area contributed by atoms with Gasteiger partial charge in [-0.25, -0.2) is 0 Å². The third-order valence-electron chi connectivity index (χ3n) is 3.16. The normalized spacial score (nSPS) is 24.3. The first kappa shape index (κ1) is 12.5. The zero-order valence-electron chi connectivity index (χ0n) is 10.3. The molecule has 88 valence electrons. The molecule has 0 aromatic carbocycles. The number of hydrogen-bond donors (Lipinski definition) is 1. The van der Waals surface area contributed by atoms with Gasteiger partial charge in [-0.3, -0.25) is 4.79 Å². The molecule has 3 heteroatoms. The van der Waals surface area contributed by atoms with Crippen molar-refractivity contribution in [3.8, 4) is 0 Å². The number of rotatable bonds is 5. The Hall–Kier alpha value is -0.570. The molecular formula is C12H24N2O. The van der Waals surface area contributed by atoms with Crippen LogP contribution < -0.4 is 5.32 Å². The number of nitrogens with zero attached hydrogens (tertiary/aromatic N) is 1. The molecule has 0 spiro atoms. The highest BCUT2D eigenvalue weighted by Crippen LogP contribution is 2.11. The molecule has 2 atom stereocenters. The minimum atomic E-state index is 0.287. The molecule has 0 aromatic rings. The molecule has 1 rings (SSSR count). The molecule has 0 bridgehead atoms. The summed E-state index contributed by atoms with van der Waals surface area (Å²) in [7, 11) is 1.89. The summed E-state index contributed by atoms with van der Waals surface area (Å²) in [5.74, 6) is 1.03. The highest BCUT2D eigenvalue weighted by Gasteiger charge is 2.22. The largest absolute Gasteiger partial charge is 0.344 e. The van der Waals surface area contributed by atoms with Gasteiger partial charge in [0.25, 0.3) is 0 Å². The van der Waals surface area contributed by atoms with Crippen molar-refractivity contribution in [3.05, 3.63) is 0 Å². The van der Waals surface area contributed by atoms with Gasteiger partial charge in [0, 0.05) is 26.1 Å². The average Bonchev–Trinajstić information content (AvgIpc) is 2.20. The molecular weight excluding hydrogens is 188 g/mol. The van der Waals surface area contributed by atoms with E-state index in [4.69, 9.17) is 0 Å². The first-order chi connectivity index (χ1) is 7.13. The van der Waals surface area contributed by atoms with E-state index in [-0.39, 0.29) is 5.91 Å². The molecule has 3 nitrogen and oxygen atoms in total. The van der Waals surface area contributed by atoms with Crippen LogP contribution in [0.2, 0.25) is 0 Å². The zero-order valence-corrected chi connectivity index (χ0v) is 10.3. The number of likely N-dealkylation sites (N-methyl/N-ethyl adjacent to an activating group) is 1. The lowest BCUT2D eigenvalue weighted by atomic mass is 10.0. The van der Waals surface area contributed by atoms with Gasteiger partial charge >= 0.3 is 0 Å². The smallest absolute Gasteiger partial charge is 0.222 e. The molecule has 2 unspecified atom stereocenters. The number of carbonyl (C=O) groups excluding carboxylic acids is 1. The molecule has 15 heavy (non-hydrogen) atoms. The summed E-state index contributed by atoms with van der Waals surface area (Å²) >= 11 is 0. The van der Waals surface area contributed by atoms with Crippen LogP contribution in [0.5, 0.6) is 0 Å². The van der Waals surface area contributed by atoms with E-state index in [1.165, 1.54) is 12.8 Å². The summed E-state index contributed by atoms with van der Waals surface area (Å²) in [6, 6.07) is 0.506. The fourth-order valence-corrected chi connectivity index (χ4v) is 2.14. The van der Waals surface area contributed by atoms with Crippen molar-refractivity contribution < 1.29 is 4.79 Å². The van der Waals surface area contributed by atoms with Crippen LogP contribution in [0.1, 0.15) is 39.5 Å². The number of likely N-dealkylation sites (tertiary alicyclic amines) is 1. The number of amides is 1. The van der Waals surface area contributed by atoms with E-state index >= 15 is 0 Å². The second kappa shape index (κ2) is 6.11. The highest BCUT2D eigenvalue weighted by molar-refractivity contribution is 5.76. The average molecular weight is 212 g/mol. The van der Waals surface area contributed by atoms with Crippen LogP contribution in [0.3, 0.4) is 0 Å². The summed E-state index contributed by atoms with van der Waals surface area (Å²) in [6.45, 7) is 6.47. The molecule has 0 aromatic heterocycles. The monoisotopic (exact) mass is 212 g/mol. The van der Waals surface area contributed by atoms with Gasteiger partial charge in [-0.15, -0.1) is 0 Å². The standard InChI is InChI=1S/C12H24N2O/c1-4-5-10(2)8-13-11-6-7-12(15)14(3)9-11/h10-11,13H,4-9H2,1-3H3. The summed E-state index contributed by atoms with van der Waals surface area (Å²) in [6.07, 6.45) is 4.25. The minimum absolute atomic E-state index is 0.287. The van der Waals surface area contributed by atoms with E-state index in [1.54, 1.807) is 0 Å². The van der Waals surface area contributed by atoms with E-state index in [2.05, 4.69) is 19.2 Å². The molecule has 1 aliphatic heterocycles. The molecule has 1 fully saturated rings. The molecule has 1 saturated heterocycles. The fourth-order valence-electron chi connectivity index (χ4n) is 2.14. The second-order valence-electron chi connectivity index (χ2n) is 4.81. The van der Waals surface area contributed by atoms with Crippen molar-refractivity contribution in [1.82, 2.24) is 10.2 Å². The van der Waals surface area contributed by atoms with Gasteiger partial charge in [0.1, 0.15) is 0 Å². The number of nitrogens with one attached hydrogen (secondary N) is 1. The molecule has 1 N–H and O–H groups in total. The maximum absolute atomic E-state index is 11.3. The van der Waals surface area contributed by atoms with E-state index in [9.17, 15) is 4.79 Å². The Morgan fingerprint density at radius 1 is 1.60 bits per heavy atom. The maximum atomic E-state index is 11.3. The molecule has 1 heterocycles.